The molecule has 2 bridgehead atoms. The summed E-state index contributed by atoms with van der Waals surface area (Å²) in [7, 11) is 0. The van der Waals surface area contributed by atoms with Crippen molar-refractivity contribution in [3.8, 4) is 0 Å². The highest BCUT2D eigenvalue weighted by Gasteiger charge is 2.72. The molecular weight excluding hydrogens is 544 g/mol. The molecule has 2 aromatic carbocycles. The monoisotopic (exact) mass is 571 g/mol. The predicted molar refractivity (Wildman–Crippen MR) is 145 cm³/mol. The molecule has 0 unspecified atom stereocenters. The molecule has 0 radical (unpaired) electrons. The number of rotatable bonds is 6. The normalized spacial score (nSPS) is 29.5. The number of likely N-dealkylation sites (tertiary alicyclic amines) is 1. The average Bonchev–Trinajstić information content (AvgIpc) is 3.53. The van der Waals surface area contributed by atoms with Gasteiger partial charge in [0.25, 0.3) is 0 Å². The lowest BCUT2D eigenvalue weighted by atomic mass is 9.74. The Balaban J connectivity index is 1.34. The van der Waals surface area contributed by atoms with Crippen LogP contribution in [0.2, 0.25) is 10.0 Å². The molecule has 7 nitrogen and oxygen atoms in total. The largest absolute Gasteiger partial charge is 0.359 e. The van der Waals surface area contributed by atoms with Gasteiger partial charge in [0.05, 0.1) is 17.9 Å². The topological polar surface area (TPSA) is 87.7 Å². The maximum atomic E-state index is 14.7. The number of anilines is 1. The molecule has 3 heterocycles. The molecule has 5 atom stereocenters. The van der Waals surface area contributed by atoms with Crippen LogP contribution in [0.15, 0.2) is 54.6 Å². The van der Waals surface area contributed by atoms with Crippen molar-refractivity contribution in [3.63, 3.8) is 0 Å². The summed E-state index contributed by atoms with van der Waals surface area (Å²) in [6.45, 7) is -0.118. The second-order valence-electron chi connectivity index (χ2n) is 10.7. The van der Waals surface area contributed by atoms with Crippen molar-refractivity contribution < 1.29 is 23.5 Å². The van der Waals surface area contributed by atoms with Gasteiger partial charge in [0.15, 0.2) is 0 Å². The predicted octanol–water partition coefficient (Wildman–Crippen LogP) is 4.87. The number of hydrogen-bond acceptors (Lipinski definition) is 4. The zero-order valence-electron chi connectivity index (χ0n) is 21.0. The Bertz CT molecular complexity index is 1340. The number of fused-ring (bicyclic) bond motifs is 1. The molecule has 4 aliphatic rings. The summed E-state index contributed by atoms with van der Waals surface area (Å²) in [5.74, 6) is -3.52. The van der Waals surface area contributed by atoms with Gasteiger partial charge in [-0.2, -0.15) is 0 Å². The summed E-state index contributed by atoms with van der Waals surface area (Å²) in [4.78, 5) is 42.9. The van der Waals surface area contributed by atoms with Crippen LogP contribution in [0.5, 0.6) is 0 Å². The Morgan fingerprint density at radius 3 is 2.49 bits per heavy atom. The third kappa shape index (κ3) is 4.62. The van der Waals surface area contributed by atoms with E-state index in [0.717, 1.165) is 32.1 Å². The Labute approximate surface area is 235 Å². The van der Waals surface area contributed by atoms with Gasteiger partial charge < -0.3 is 20.3 Å². The Morgan fingerprint density at radius 1 is 1.05 bits per heavy atom. The van der Waals surface area contributed by atoms with E-state index in [2.05, 4.69) is 10.6 Å². The lowest BCUT2D eigenvalue weighted by molar-refractivity contribution is -0.142. The minimum atomic E-state index is -1.33. The fourth-order valence-electron chi connectivity index (χ4n) is 6.63. The standard InChI is InChI=1S/C29H28Cl2FN3O4/c30-17-12-18(31)14-20(13-17)34-26(36)23-22-10-11-29(39-22)24(23)28(38)35(15-16-6-4-5-9-21(16)32)25(29)27(37)33-19-7-2-1-3-8-19/h4-6,9-14,19,22-25H,1-3,7-8,15H2,(H,33,37)(H,34,36)/t22-,23+,24-,25+,29-/m0/s1. The number of nitrogens with zero attached hydrogens (tertiary/aromatic N) is 1. The van der Waals surface area contributed by atoms with E-state index in [1.54, 1.807) is 48.6 Å². The van der Waals surface area contributed by atoms with Crippen LogP contribution in [0.4, 0.5) is 10.1 Å². The molecule has 1 saturated carbocycles. The van der Waals surface area contributed by atoms with Gasteiger partial charge in [-0.15, -0.1) is 0 Å². The minimum Gasteiger partial charge on any atom is -0.359 e. The first-order valence-electron chi connectivity index (χ1n) is 13.3. The third-order valence-corrected chi connectivity index (χ3v) is 8.74. The molecule has 3 fully saturated rings. The van der Waals surface area contributed by atoms with Crippen molar-refractivity contribution in [2.24, 2.45) is 11.8 Å². The minimum absolute atomic E-state index is 0.00127. The van der Waals surface area contributed by atoms with Crippen molar-refractivity contribution in [1.29, 1.82) is 0 Å². The summed E-state index contributed by atoms with van der Waals surface area (Å²) in [6, 6.07) is 9.79. The highest BCUT2D eigenvalue weighted by Crippen LogP contribution is 2.55. The summed E-state index contributed by atoms with van der Waals surface area (Å²) < 4.78 is 21.0. The molecule has 204 valence electrons. The van der Waals surface area contributed by atoms with Crippen LogP contribution in [-0.4, -0.2) is 46.4 Å². The molecule has 2 saturated heterocycles. The Morgan fingerprint density at radius 2 is 1.77 bits per heavy atom. The summed E-state index contributed by atoms with van der Waals surface area (Å²) >= 11 is 12.2. The smallest absolute Gasteiger partial charge is 0.246 e. The van der Waals surface area contributed by atoms with Crippen LogP contribution < -0.4 is 10.6 Å². The Kier molecular flexibility index (Phi) is 6.90. The number of carbonyl (C=O) groups excluding carboxylic acids is 3. The highest BCUT2D eigenvalue weighted by molar-refractivity contribution is 6.35. The lowest BCUT2D eigenvalue weighted by Crippen LogP contribution is -2.56. The van der Waals surface area contributed by atoms with Crippen molar-refractivity contribution >= 4 is 46.6 Å². The molecule has 1 aliphatic carbocycles. The van der Waals surface area contributed by atoms with E-state index >= 15 is 0 Å². The first-order chi connectivity index (χ1) is 18.8. The number of amides is 3. The summed E-state index contributed by atoms with van der Waals surface area (Å²) in [5, 5.41) is 6.64. The zero-order valence-corrected chi connectivity index (χ0v) is 22.6. The fourth-order valence-corrected chi connectivity index (χ4v) is 7.15. The van der Waals surface area contributed by atoms with Crippen LogP contribution in [0.3, 0.4) is 0 Å². The molecule has 3 amide bonds. The van der Waals surface area contributed by atoms with Gasteiger partial charge in [-0.25, -0.2) is 4.39 Å². The van der Waals surface area contributed by atoms with Gasteiger partial charge in [0, 0.05) is 33.9 Å². The van der Waals surface area contributed by atoms with E-state index < -0.39 is 47.2 Å². The van der Waals surface area contributed by atoms with Crippen LogP contribution in [-0.2, 0) is 25.7 Å². The molecule has 6 rings (SSSR count). The maximum absolute atomic E-state index is 14.7. The Hall–Kier alpha value is -2.94. The lowest BCUT2D eigenvalue weighted by Gasteiger charge is -2.34. The van der Waals surface area contributed by atoms with Crippen molar-refractivity contribution in [1.82, 2.24) is 10.2 Å². The number of ether oxygens (including phenoxy) is 1. The second kappa shape index (κ2) is 10.2. The molecule has 1 spiro atoms. The van der Waals surface area contributed by atoms with Gasteiger partial charge >= 0.3 is 0 Å². The highest BCUT2D eigenvalue weighted by atomic mass is 35.5. The molecule has 0 aromatic heterocycles. The molecule has 2 aromatic rings. The average molecular weight is 572 g/mol. The van der Waals surface area contributed by atoms with E-state index in [-0.39, 0.29) is 24.1 Å². The van der Waals surface area contributed by atoms with Crippen molar-refractivity contribution in [2.45, 2.75) is 62.4 Å². The molecule has 2 N–H and O–H groups in total. The number of hydrogen-bond donors (Lipinski definition) is 2. The SMILES string of the molecule is O=C(Nc1cc(Cl)cc(Cl)c1)[C@@H]1[C@@H]2C=C[C@]3(O2)[C@@H]1C(=O)N(Cc1ccccc1F)[C@@H]3C(=O)NC1CCCCC1. The van der Waals surface area contributed by atoms with Crippen molar-refractivity contribution in [2.75, 3.05) is 5.32 Å². The van der Waals surface area contributed by atoms with Crippen LogP contribution in [0.25, 0.3) is 0 Å². The first-order valence-corrected chi connectivity index (χ1v) is 14.0. The van der Waals surface area contributed by atoms with E-state index in [4.69, 9.17) is 27.9 Å². The summed E-state index contributed by atoms with van der Waals surface area (Å²) in [5.41, 5.74) is -0.663. The van der Waals surface area contributed by atoms with Crippen LogP contribution >= 0.6 is 23.2 Å². The quantitative estimate of drug-likeness (QED) is 0.484. The molecule has 39 heavy (non-hydrogen) atoms. The van der Waals surface area contributed by atoms with Gasteiger partial charge in [-0.3, -0.25) is 14.4 Å². The van der Waals surface area contributed by atoms with Gasteiger partial charge in [0.1, 0.15) is 17.5 Å². The van der Waals surface area contributed by atoms with Crippen LogP contribution in [0, 0.1) is 17.7 Å². The van der Waals surface area contributed by atoms with Gasteiger partial charge in [0.2, 0.25) is 17.7 Å². The van der Waals surface area contributed by atoms with Crippen LogP contribution in [0.1, 0.15) is 37.7 Å². The first kappa shape index (κ1) is 26.3. The number of halogens is 3. The fraction of sp³-hybridized carbons (Fsp3) is 0.414. The zero-order chi connectivity index (χ0) is 27.3. The number of carbonyl (C=O) groups is 3. The van der Waals surface area contributed by atoms with Crippen molar-refractivity contribution in [3.05, 3.63) is 76.0 Å². The molecule has 10 heteroatoms. The third-order valence-electron chi connectivity index (χ3n) is 8.31. The number of nitrogens with one attached hydrogen (secondary N) is 2. The number of benzene rings is 2. The maximum Gasteiger partial charge on any atom is 0.246 e. The van der Waals surface area contributed by atoms with E-state index in [0.29, 0.717) is 15.7 Å². The van der Waals surface area contributed by atoms with E-state index in [9.17, 15) is 18.8 Å². The summed E-state index contributed by atoms with van der Waals surface area (Å²) in [6.07, 6.45) is 7.70. The van der Waals surface area contributed by atoms with Gasteiger partial charge in [-0.1, -0.05) is 72.8 Å². The second-order valence-corrected chi connectivity index (χ2v) is 11.6. The molecular formula is C29H28Cl2FN3O4. The molecule has 3 aliphatic heterocycles. The van der Waals surface area contributed by atoms with Gasteiger partial charge in [-0.05, 0) is 37.1 Å². The van der Waals surface area contributed by atoms with E-state index in [1.165, 1.54) is 11.0 Å². The van der Waals surface area contributed by atoms with E-state index in [1.807, 2.05) is 0 Å².